The van der Waals surface area contributed by atoms with Crippen LogP contribution in [0, 0.1) is 13.8 Å². The van der Waals surface area contributed by atoms with Crippen molar-refractivity contribution < 1.29 is 0 Å². The van der Waals surface area contributed by atoms with Gasteiger partial charge in [-0.25, -0.2) is 9.98 Å². The molecule has 0 spiro atoms. The summed E-state index contributed by atoms with van der Waals surface area (Å²) in [4.78, 5) is 12.7. The molecular weight excluding hydrogens is 330 g/mol. The van der Waals surface area contributed by atoms with Crippen molar-refractivity contribution in [1.82, 2.24) is 15.6 Å². The van der Waals surface area contributed by atoms with Gasteiger partial charge < -0.3 is 15.5 Å². The minimum absolute atomic E-state index is 0.659. The Morgan fingerprint density at radius 3 is 2.68 bits per heavy atom. The molecule has 1 heterocycles. The first kappa shape index (κ1) is 19.2. The molecule has 0 saturated carbocycles. The smallest absolute Gasteiger partial charge is 0.191 e. The first-order chi connectivity index (χ1) is 12.0. The van der Waals surface area contributed by atoms with Crippen molar-refractivity contribution in [2.75, 3.05) is 32.1 Å². The van der Waals surface area contributed by atoms with Crippen LogP contribution in [0.5, 0.6) is 0 Å². The van der Waals surface area contributed by atoms with Gasteiger partial charge in [0, 0.05) is 44.2 Å². The van der Waals surface area contributed by atoms with Crippen molar-refractivity contribution in [3.05, 3.63) is 45.4 Å². The number of thiazole rings is 1. The predicted molar refractivity (Wildman–Crippen MR) is 109 cm³/mol. The van der Waals surface area contributed by atoms with E-state index in [0.717, 1.165) is 31.2 Å². The number of anilines is 1. The molecule has 0 aliphatic rings. The summed E-state index contributed by atoms with van der Waals surface area (Å²) in [7, 11) is 4.10. The van der Waals surface area contributed by atoms with Crippen molar-refractivity contribution in [2.45, 2.75) is 33.7 Å². The van der Waals surface area contributed by atoms with Crippen LogP contribution in [0.25, 0.3) is 0 Å². The van der Waals surface area contributed by atoms with E-state index in [1.54, 1.807) is 11.3 Å². The Balaban J connectivity index is 1.92. The van der Waals surface area contributed by atoms with Gasteiger partial charge in [0.2, 0.25) is 0 Å². The lowest BCUT2D eigenvalue weighted by Crippen LogP contribution is -2.38. The van der Waals surface area contributed by atoms with E-state index >= 15 is 0 Å². The van der Waals surface area contributed by atoms with Gasteiger partial charge in [0.05, 0.1) is 17.2 Å². The summed E-state index contributed by atoms with van der Waals surface area (Å²) in [6.45, 7) is 8.60. The van der Waals surface area contributed by atoms with Gasteiger partial charge >= 0.3 is 0 Å². The van der Waals surface area contributed by atoms with E-state index in [1.807, 2.05) is 0 Å². The molecular formula is C19H29N5S. The van der Waals surface area contributed by atoms with Crippen molar-refractivity contribution in [3.8, 4) is 0 Å². The second-order valence-electron chi connectivity index (χ2n) is 6.19. The number of aromatic nitrogens is 1. The highest BCUT2D eigenvalue weighted by atomic mass is 32.1. The summed E-state index contributed by atoms with van der Waals surface area (Å²) >= 11 is 1.78. The number of hydrogen-bond donors (Lipinski definition) is 2. The molecule has 0 radical (unpaired) electrons. The Morgan fingerprint density at radius 2 is 2.04 bits per heavy atom. The quantitative estimate of drug-likeness (QED) is 0.589. The summed E-state index contributed by atoms with van der Waals surface area (Å²) in [6.07, 6.45) is 0.917. The molecule has 0 unspecified atom stereocenters. The predicted octanol–water partition coefficient (Wildman–Crippen LogP) is 3.12. The molecule has 0 saturated heterocycles. The summed E-state index contributed by atoms with van der Waals surface area (Å²) in [5.74, 6) is 0.850. The zero-order valence-corrected chi connectivity index (χ0v) is 16.7. The Labute approximate surface area is 155 Å². The first-order valence-electron chi connectivity index (χ1n) is 8.71. The summed E-state index contributed by atoms with van der Waals surface area (Å²) in [5.41, 5.74) is 3.54. The molecule has 0 fully saturated rings. The molecule has 0 bridgehead atoms. The van der Waals surface area contributed by atoms with Crippen LogP contribution in [0.15, 0.2) is 29.3 Å². The molecule has 2 N–H and O–H groups in total. The standard InChI is InChI=1S/C19H29N5S/c1-6-20-19(21-11-10-18-23-14(2)15(3)25-18)22-13-16-8-7-9-17(12-16)24(4)5/h7-9,12H,6,10-11,13H2,1-5H3,(H2,20,21,22). The number of aryl methyl sites for hydroxylation is 2. The van der Waals surface area contributed by atoms with Crippen LogP contribution in [-0.2, 0) is 13.0 Å². The lowest BCUT2D eigenvalue weighted by atomic mass is 10.2. The summed E-state index contributed by atoms with van der Waals surface area (Å²) in [6, 6.07) is 8.47. The average Bonchev–Trinajstić information content (AvgIpc) is 2.91. The minimum Gasteiger partial charge on any atom is -0.378 e. The fourth-order valence-electron chi connectivity index (χ4n) is 2.38. The van der Waals surface area contributed by atoms with E-state index in [1.165, 1.54) is 21.1 Å². The number of nitrogens with one attached hydrogen (secondary N) is 2. The minimum atomic E-state index is 0.659. The van der Waals surface area contributed by atoms with E-state index < -0.39 is 0 Å². The number of hydrogen-bond acceptors (Lipinski definition) is 4. The van der Waals surface area contributed by atoms with Gasteiger partial charge in [-0.15, -0.1) is 11.3 Å². The third-order valence-electron chi connectivity index (χ3n) is 3.90. The molecule has 0 aliphatic carbocycles. The van der Waals surface area contributed by atoms with Crippen molar-refractivity contribution >= 4 is 23.0 Å². The maximum Gasteiger partial charge on any atom is 0.191 e. The third kappa shape index (κ3) is 6.05. The molecule has 0 aliphatic heterocycles. The van der Waals surface area contributed by atoms with Crippen molar-refractivity contribution in [1.29, 1.82) is 0 Å². The highest BCUT2D eigenvalue weighted by Crippen LogP contribution is 2.16. The second kappa shape index (κ2) is 9.42. The molecule has 0 atom stereocenters. The number of aliphatic imine (C=N–C) groups is 1. The molecule has 5 nitrogen and oxygen atoms in total. The third-order valence-corrected chi connectivity index (χ3v) is 5.03. The number of rotatable bonds is 7. The van der Waals surface area contributed by atoms with Crippen LogP contribution in [0.1, 0.15) is 28.1 Å². The van der Waals surface area contributed by atoms with Crippen LogP contribution in [0.4, 0.5) is 5.69 Å². The van der Waals surface area contributed by atoms with Crippen LogP contribution in [0.3, 0.4) is 0 Å². The van der Waals surface area contributed by atoms with Crippen molar-refractivity contribution in [3.63, 3.8) is 0 Å². The van der Waals surface area contributed by atoms with Crippen LogP contribution >= 0.6 is 11.3 Å². The zero-order chi connectivity index (χ0) is 18.2. The maximum atomic E-state index is 4.70. The van der Waals surface area contributed by atoms with Gasteiger partial charge in [0.1, 0.15) is 0 Å². The van der Waals surface area contributed by atoms with Crippen LogP contribution in [0.2, 0.25) is 0 Å². The van der Waals surface area contributed by atoms with Crippen LogP contribution < -0.4 is 15.5 Å². The largest absolute Gasteiger partial charge is 0.378 e. The summed E-state index contributed by atoms with van der Waals surface area (Å²) in [5, 5.41) is 7.88. The molecule has 136 valence electrons. The lowest BCUT2D eigenvalue weighted by Gasteiger charge is -2.14. The monoisotopic (exact) mass is 359 g/mol. The fraction of sp³-hybridized carbons (Fsp3) is 0.474. The Bertz CT molecular complexity index is 686. The molecule has 25 heavy (non-hydrogen) atoms. The fourth-order valence-corrected chi connectivity index (χ4v) is 3.31. The van der Waals surface area contributed by atoms with Gasteiger partial charge in [-0.1, -0.05) is 12.1 Å². The van der Waals surface area contributed by atoms with Gasteiger partial charge in [0.15, 0.2) is 5.96 Å². The van der Waals surface area contributed by atoms with Gasteiger partial charge in [-0.2, -0.15) is 0 Å². The molecule has 2 aromatic rings. The number of guanidine groups is 1. The average molecular weight is 360 g/mol. The molecule has 6 heteroatoms. The summed E-state index contributed by atoms with van der Waals surface area (Å²) < 4.78 is 0. The van der Waals surface area contributed by atoms with Gasteiger partial charge in [-0.05, 0) is 38.5 Å². The number of benzene rings is 1. The van der Waals surface area contributed by atoms with Crippen LogP contribution in [-0.4, -0.2) is 38.1 Å². The topological polar surface area (TPSA) is 52.6 Å². The SMILES string of the molecule is CCNC(=NCc1cccc(N(C)C)c1)NCCc1nc(C)c(C)s1. The molecule has 0 amide bonds. The van der Waals surface area contributed by atoms with Gasteiger partial charge in [-0.3, -0.25) is 0 Å². The van der Waals surface area contributed by atoms with E-state index in [2.05, 4.69) is 79.6 Å². The Kier molecular flexibility index (Phi) is 7.25. The van der Waals surface area contributed by atoms with E-state index in [4.69, 9.17) is 4.99 Å². The molecule has 1 aromatic heterocycles. The lowest BCUT2D eigenvalue weighted by molar-refractivity contribution is 0.795. The Hall–Kier alpha value is -2.08. The second-order valence-corrected chi connectivity index (χ2v) is 7.47. The Morgan fingerprint density at radius 1 is 1.24 bits per heavy atom. The molecule has 1 aromatic carbocycles. The van der Waals surface area contributed by atoms with E-state index in [-0.39, 0.29) is 0 Å². The highest BCUT2D eigenvalue weighted by Gasteiger charge is 2.04. The number of nitrogens with zero attached hydrogens (tertiary/aromatic N) is 3. The normalized spacial score (nSPS) is 11.5. The van der Waals surface area contributed by atoms with E-state index in [0.29, 0.717) is 6.54 Å². The molecule has 2 rings (SSSR count). The maximum absolute atomic E-state index is 4.70. The first-order valence-corrected chi connectivity index (χ1v) is 9.52. The van der Waals surface area contributed by atoms with Gasteiger partial charge in [0.25, 0.3) is 0 Å². The van der Waals surface area contributed by atoms with Crippen molar-refractivity contribution in [2.24, 2.45) is 4.99 Å². The zero-order valence-electron chi connectivity index (χ0n) is 15.9. The highest BCUT2D eigenvalue weighted by molar-refractivity contribution is 7.11. The van der Waals surface area contributed by atoms with E-state index in [9.17, 15) is 0 Å².